The van der Waals surface area contributed by atoms with Gasteiger partial charge in [0.15, 0.2) is 11.5 Å². The number of hydrogen-bond donors (Lipinski definition) is 2. The van der Waals surface area contributed by atoms with E-state index in [0.29, 0.717) is 23.1 Å². The molecule has 0 atom stereocenters. The van der Waals surface area contributed by atoms with Crippen molar-refractivity contribution in [3.63, 3.8) is 0 Å². The molecule has 1 amide bonds. The van der Waals surface area contributed by atoms with E-state index in [1.54, 1.807) is 44.7 Å². The highest BCUT2D eigenvalue weighted by atomic mass is 16.5. The van der Waals surface area contributed by atoms with Crippen molar-refractivity contribution in [1.82, 2.24) is 9.97 Å². The molecular weight excluding hydrogens is 356 g/mol. The van der Waals surface area contributed by atoms with Gasteiger partial charge in [-0.3, -0.25) is 4.79 Å². The molecule has 0 radical (unpaired) electrons. The van der Waals surface area contributed by atoms with Gasteiger partial charge in [0.25, 0.3) is 5.91 Å². The Balaban J connectivity index is 1.73. The van der Waals surface area contributed by atoms with Gasteiger partial charge in [0.2, 0.25) is 5.95 Å². The maximum absolute atomic E-state index is 12.6. The second-order valence-corrected chi connectivity index (χ2v) is 5.96. The predicted molar refractivity (Wildman–Crippen MR) is 109 cm³/mol. The molecule has 3 rings (SSSR count). The molecule has 28 heavy (non-hydrogen) atoms. The van der Waals surface area contributed by atoms with E-state index in [2.05, 4.69) is 27.5 Å². The molecule has 1 aromatic heterocycles. The van der Waals surface area contributed by atoms with E-state index in [1.807, 2.05) is 24.3 Å². The van der Waals surface area contributed by atoms with Crippen LogP contribution in [0.3, 0.4) is 0 Å². The van der Waals surface area contributed by atoms with Crippen molar-refractivity contribution in [3.8, 4) is 11.5 Å². The van der Waals surface area contributed by atoms with Crippen molar-refractivity contribution in [2.75, 3.05) is 24.9 Å². The van der Waals surface area contributed by atoms with Crippen molar-refractivity contribution in [2.24, 2.45) is 0 Å². The number of amides is 1. The van der Waals surface area contributed by atoms with Crippen LogP contribution in [0.1, 0.15) is 23.0 Å². The molecule has 0 aliphatic heterocycles. The minimum atomic E-state index is -0.348. The topological polar surface area (TPSA) is 85.4 Å². The normalized spacial score (nSPS) is 10.2. The van der Waals surface area contributed by atoms with Crippen LogP contribution in [-0.2, 0) is 6.42 Å². The van der Waals surface area contributed by atoms with Crippen molar-refractivity contribution in [1.29, 1.82) is 0 Å². The number of benzene rings is 2. The van der Waals surface area contributed by atoms with Gasteiger partial charge >= 0.3 is 0 Å². The highest BCUT2D eigenvalue weighted by Gasteiger charge is 2.11. The summed E-state index contributed by atoms with van der Waals surface area (Å²) in [6.45, 7) is 2.10. The van der Waals surface area contributed by atoms with Crippen LogP contribution in [0.5, 0.6) is 11.5 Å². The minimum absolute atomic E-state index is 0.248. The third-order valence-electron chi connectivity index (χ3n) is 4.15. The average Bonchev–Trinajstić information content (AvgIpc) is 2.74. The van der Waals surface area contributed by atoms with Gasteiger partial charge in [0, 0.05) is 23.6 Å². The molecule has 144 valence electrons. The number of nitrogens with zero attached hydrogens (tertiary/aromatic N) is 2. The van der Waals surface area contributed by atoms with Crippen LogP contribution < -0.4 is 20.1 Å². The lowest BCUT2D eigenvalue weighted by atomic mass is 10.1. The number of aryl methyl sites for hydroxylation is 1. The fourth-order valence-corrected chi connectivity index (χ4v) is 2.61. The van der Waals surface area contributed by atoms with E-state index in [4.69, 9.17) is 9.47 Å². The van der Waals surface area contributed by atoms with Crippen molar-refractivity contribution in [3.05, 3.63) is 66.0 Å². The largest absolute Gasteiger partial charge is 0.493 e. The summed E-state index contributed by atoms with van der Waals surface area (Å²) in [5.41, 5.74) is 2.92. The second kappa shape index (κ2) is 8.85. The predicted octanol–water partition coefficient (Wildman–Crippen LogP) is 4.05. The van der Waals surface area contributed by atoms with Crippen LogP contribution in [0, 0.1) is 0 Å². The fourth-order valence-electron chi connectivity index (χ4n) is 2.61. The summed E-state index contributed by atoms with van der Waals surface area (Å²) in [6.07, 6.45) is 2.52. The van der Waals surface area contributed by atoms with Crippen LogP contribution in [0.25, 0.3) is 0 Å². The Morgan fingerprint density at radius 1 is 0.964 bits per heavy atom. The number of anilines is 3. The number of nitrogens with one attached hydrogen (secondary N) is 2. The Morgan fingerprint density at radius 2 is 1.68 bits per heavy atom. The first-order chi connectivity index (χ1) is 13.6. The summed E-state index contributed by atoms with van der Waals surface area (Å²) in [4.78, 5) is 21.0. The average molecular weight is 378 g/mol. The first-order valence-corrected chi connectivity index (χ1v) is 8.85. The third-order valence-corrected chi connectivity index (χ3v) is 4.15. The first-order valence-electron chi connectivity index (χ1n) is 8.85. The minimum Gasteiger partial charge on any atom is -0.493 e. The van der Waals surface area contributed by atoms with Crippen LogP contribution in [0.2, 0.25) is 0 Å². The molecule has 0 saturated heterocycles. The van der Waals surface area contributed by atoms with Crippen molar-refractivity contribution in [2.45, 2.75) is 13.3 Å². The van der Waals surface area contributed by atoms with Gasteiger partial charge in [-0.2, -0.15) is 0 Å². The molecule has 0 unspecified atom stereocenters. The molecule has 0 fully saturated rings. The maximum Gasteiger partial charge on any atom is 0.274 e. The first kappa shape index (κ1) is 19.2. The molecule has 1 heterocycles. The van der Waals surface area contributed by atoms with Crippen LogP contribution in [0.4, 0.5) is 17.3 Å². The lowest BCUT2D eigenvalue weighted by Gasteiger charge is -2.11. The molecule has 0 spiro atoms. The number of rotatable bonds is 7. The van der Waals surface area contributed by atoms with E-state index in [9.17, 15) is 4.79 Å². The maximum atomic E-state index is 12.6. The van der Waals surface area contributed by atoms with Crippen LogP contribution in [0.15, 0.2) is 54.7 Å². The molecular formula is C21H22N4O3. The number of carbonyl (C=O) groups excluding carboxylic acids is 1. The van der Waals surface area contributed by atoms with Gasteiger partial charge in [-0.1, -0.05) is 19.1 Å². The van der Waals surface area contributed by atoms with Gasteiger partial charge in [-0.15, -0.1) is 0 Å². The summed E-state index contributed by atoms with van der Waals surface area (Å²) in [6, 6.07) is 14.7. The van der Waals surface area contributed by atoms with Crippen molar-refractivity contribution < 1.29 is 14.3 Å². The zero-order valence-electron chi connectivity index (χ0n) is 16.0. The van der Waals surface area contributed by atoms with Crippen LogP contribution in [-0.4, -0.2) is 30.1 Å². The van der Waals surface area contributed by atoms with E-state index in [-0.39, 0.29) is 11.6 Å². The van der Waals surface area contributed by atoms with Crippen LogP contribution >= 0.6 is 0 Å². The monoisotopic (exact) mass is 378 g/mol. The van der Waals surface area contributed by atoms with E-state index in [1.165, 1.54) is 5.56 Å². The Kier molecular flexibility index (Phi) is 6.06. The summed E-state index contributed by atoms with van der Waals surface area (Å²) in [5.74, 6) is 1.12. The Hall–Kier alpha value is -3.61. The summed E-state index contributed by atoms with van der Waals surface area (Å²) in [5, 5.41) is 5.91. The van der Waals surface area contributed by atoms with Gasteiger partial charge in [-0.25, -0.2) is 9.97 Å². The lowest BCUT2D eigenvalue weighted by Crippen LogP contribution is -2.14. The van der Waals surface area contributed by atoms with E-state index >= 15 is 0 Å². The van der Waals surface area contributed by atoms with Gasteiger partial charge in [-0.05, 0) is 42.3 Å². The summed E-state index contributed by atoms with van der Waals surface area (Å²) >= 11 is 0. The standard InChI is InChI=1S/C21H22N4O3/c1-4-14-5-7-15(8-6-14)24-21-22-12-11-17(25-21)20(26)23-16-9-10-18(27-2)19(13-16)28-3/h5-13H,4H2,1-3H3,(H,23,26)(H,22,24,25). The molecule has 0 bridgehead atoms. The third kappa shape index (κ3) is 4.56. The second-order valence-electron chi connectivity index (χ2n) is 5.96. The number of ether oxygens (including phenoxy) is 2. The fraction of sp³-hybridized carbons (Fsp3) is 0.190. The number of hydrogen-bond acceptors (Lipinski definition) is 6. The molecule has 0 saturated carbocycles. The molecule has 0 aliphatic carbocycles. The van der Waals surface area contributed by atoms with Gasteiger partial charge in [0.05, 0.1) is 14.2 Å². The van der Waals surface area contributed by atoms with E-state index < -0.39 is 0 Å². The lowest BCUT2D eigenvalue weighted by molar-refractivity contribution is 0.102. The smallest absolute Gasteiger partial charge is 0.274 e. The number of carbonyl (C=O) groups is 1. The molecule has 7 heteroatoms. The Morgan fingerprint density at radius 3 is 2.36 bits per heavy atom. The quantitative estimate of drug-likeness (QED) is 0.645. The molecule has 3 aromatic rings. The van der Waals surface area contributed by atoms with Gasteiger partial charge < -0.3 is 20.1 Å². The highest BCUT2D eigenvalue weighted by molar-refractivity contribution is 6.03. The number of methoxy groups -OCH3 is 2. The zero-order valence-corrected chi connectivity index (χ0v) is 16.0. The van der Waals surface area contributed by atoms with Gasteiger partial charge in [0.1, 0.15) is 5.69 Å². The summed E-state index contributed by atoms with van der Waals surface area (Å²) < 4.78 is 10.5. The SMILES string of the molecule is CCc1ccc(Nc2nccc(C(=O)Nc3ccc(OC)c(OC)c3)n2)cc1. The number of aromatic nitrogens is 2. The molecule has 2 aromatic carbocycles. The summed E-state index contributed by atoms with van der Waals surface area (Å²) in [7, 11) is 3.10. The molecule has 2 N–H and O–H groups in total. The highest BCUT2D eigenvalue weighted by Crippen LogP contribution is 2.29. The Bertz CT molecular complexity index is 958. The Labute approximate surface area is 163 Å². The van der Waals surface area contributed by atoms with E-state index in [0.717, 1.165) is 12.1 Å². The molecule has 7 nitrogen and oxygen atoms in total. The van der Waals surface area contributed by atoms with Crippen molar-refractivity contribution >= 4 is 23.2 Å². The zero-order chi connectivity index (χ0) is 19.9. The molecule has 0 aliphatic rings.